The van der Waals surface area contributed by atoms with Crippen LogP contribution in [0, 0.1) is 5.92 Å². The molecule has 1 atom stereocenters. The van der Waals surface area contributed by atoms with Gasteiger partial charge in [0, 0.05) is 35.4 Å². The molecule has 8 nitrogen and oxygen atoms in total. The molecule has 0 aliphatic carbocycles. The van der Waals surface area contributed by atoms with Crippen LogP contribution in [0.25, 0.3) is 10.9 Å². The van der Waals surface area contributed by atoms with E-state index < -0.39 is 6.10 Å². The summed E-state index contributed by atoms with van der Waals surface area (Å²) in [5.41, 5.74) is 2.15. The van der Waals surface area contributed by atoms with Crippen LogP contribution in [-0.2, 0) is 4.79 Å². The maximum absolute atomic E-state index is 13.7. The number of aromatic nitrogens is 1. The van der Waals surface area contributed by atoms with Crippen LogP contribution in [0.4, 0.5) is 11.4 Å². The molecule has 0 saturated carbocycles. The van der Waals surface area contributed by atoms with Gasteiger partial charge in [-0.15, -0.1) is 0 Å². The van der Waals surface area contributed by atoms with Gasteiger partial charge in [-0.05, 0) is 98.7 Å². The molecule has 1 aliphatic heterocycles. The van der Waals surface area contributed by atoms with Crippen molar-refractivity contribution < 1.29 is 24.9 Å². The topological polar surface area (TPSA) is 106 Å². The molecular weight excluding hydrogens is 482 g/mol. The van der Waals surface area contributed by atoms with Gasteiger partial charge in [0.2, 0.25) is 5.91 Å². The van der Waals surface area contributed by atoms with Crippen LogP contribution in [0.2, 0.25) is 0 Å². The zero-order chi connectivity index (χ0) is 26.5. The first-order valence-electron chi connectivity index (χ1n) is 12.8. The summed E-state index contributed by atoms with van der Waals surface area (Å²) in [6.45, 7) is 2.00. The number of rotatable bonds is 8. The highest BCUT2D eigenvalue weighted by atomic mass is 16.5. The Morgan fingerprint density at radius 2 is 1.55 bits per heavy atom. The number of hydrogen-bond donors (Lipinski definition) is 3. The molecule has 1 fully saturated rings. The molecular formula is C30H31N3O5. The number of phenols is 2. The number of aliphatic hydroxyl groups excluding tert-OH is 1. The molecule has 0 spiro atoms. The van der Waals surface area contributed by atoms with Crippen LogP contribution in [0.3, 0.4) is 0 Å². The van der Waals surface area contributed by atoms with Gasteiger partial charge < -0.3 is 25.0 Å². The molecule has 3 aromatic carbocycles. The Morgan fingerprint density at radius 1 is 0.921 bits per heavy atom. The van der Waals surface area contributed by atoms with Gasteiger partial charge in [-0.2, -0.15) is 0 Å². The fourth-order valence-corrected chi connectivity index (χ4v) is 4.89. The quantitative estimate of drug-likeness (QED) is 0.319. The molecule has 1 aromatic heterocycles. The number of hydrogen-bond acceptors (Lipinski definition) is 7. The Kier molecular flexibility index (Phi) is 7.72. The Labute approximate surface area is 221 Å². The van der Waals surface area contributed by atoms with E-state index >= 15 is 0 Å². The van der Waals surface area contributed by atoms with Crippen LogP contribution >= 0.6 is 0 Å². The fraction of sp³-hybridized carbons (Fsp3) is 0.267. The molecule has 4 aromatic rings. The molecule has 196 valence electrons. The van der Waals surface area contributed by atoms with Crippen LogP contribution in [0.1, 0.15) is 12.8 Å². The number of phenolic OH excluding ortho intramolecular Hbond substituents is 2. The summed E-state index contributed by atoms with van der Waals surface area (Å²) < 4.78 is 5.92. The number of aromatic hydroxyl groups is 2. The lowest BCUT2D eigenvalue weighted by molar-refractivity contribution is -0.123. The van der Waals surface area contributed by atoms with Crippen LogP contribution < -0.4 is 9.64 Å². The van der Waals surface area contributed by atoms with Crippen molar-refractivity contribution in [1.29, 1.82) is 0 Å². The third kappa shape index (κ3) is 5.88. The molecule has 1 unspecified atom stereocenters. The number of pyridine rings is 1. The Bertz CT molecular complexity index is 1320. The van der Waals surface area contributed by atoms with E-state index in [-0.39, 0.29) is 29.9 Å². The van der Waals surface area contributed by atoms with E-state index in [0.29, 0.717) is 49.6 Å². The maximum Gasteiger partial charge on any atom is 0.234 e. The molecule has 0 radical (unpaired) electrons. The van der Waals surface area contributed by atoms with E-state index in [0.717, 1.165) is 10.9 Å². The molecule has 1 aliphatic rings. The van der Waals surface area contributed by atoms with E-state index in [1.54, 1.807) is 59.6 Å². The number of anilines is 2. The lowest BCUT2D eigenvalue weighted by atomic mass is 9.94. The SMILES string of the molecule is O=C(C1CCN(CC(O)COc2cccc3ncccc23)CC1)N(c1ccc(O)cc1)c1ccc(O)cc1. The standard InChI is InChI=1S/C30H31N3O5/c34-24-10-6-22(7-11-24)33(23-8-12-25(35)13-9-23)30(37)21-14-17-32(18-15-21)19-26(36)20-38-29-5-1-4-28-27(29)3-2-16-31-28/h1-13,16,21,26,34-36H,14-15,17-20H2. The lowest BCUT2D eigenvalue weighted by Gasteiger charge is -2.35. The van der Waals surface area contributed by atoms with Gasteiger partial charge in [-0.25, -0.2) is 0 Å². The van der Waals surface area contributed by atoms with E-state index in [9.17, 15) is 20.1 Å². The summed E-state index contributed by atoms with van der Waals surface area (Å²) in [5, 5.41) is 31.0. The Balaban J connectivity index is 1.18. The van der Waals surface area contributed by atoms with Gasteiger partial charge in [0.05, 0.1) is 5.52 Å². The normalized spacial score (nSPS) is 15.3. The van der Waals surface area contributed by atoms with Crippen LogP contribution in [0.15, 0.2) is 85.1 Å². The van der Waals surface area contributed by atoms with Gasteiger partial charge >= 0.3 is 0 Å². The summed E-state index contributed by atoms with van der Waals surface area (Å²) in [7, 11) is 0. The highest BCUT2D eigenvalue weighted by Crippen LogP contribution is 2.32. The monoisotopic (exact) mass is 513 g/mol. The molecule has 8 heteroatoms. The zero-order valence-corrected chi connectivity index (χ0v) is 21.0. The number of aliphatic hydroxyl groups is 1. The van der Waals surface area contributed by atoms with E-state index in [1.807, 2.05) is 30.3 Å². The molecule has 1 saturated heterocycles. The summed E-state index contributed by atoms with van der Waals surface area (Å²) in [6, 6.07) is 22.5. The zero-order valence-electron chi connectivity index (χ0n) is 21.0. The first-order chi connectivity index (χ1) is 18.5. The third-order valence-electron chi connectivity index (χ3n) is 6.88. The lowest BCUT2D eigenvalue weighted by Crippen LogP contribution is -2.44. The second kappa shape index (κ2) is 11.5. The van der Waals surface area contributed by atoms with Crippen LogP contribution in [-0.4, -0.2) is 63.5 Å². The summed E-state index contributed by atoms with van der Waals surface area (Å²) >= 11 is 0. The first-order valence-corrected chi connectivity index (χ1v) is 12.8. The summed E-state index contributed by atoms with van der Waals surface area (Å²) in [5.74, 6) is 0.724. The molecule has 3 N–H and O–H groups in total. The van der Waals surface area contributed by atoms with Gasteiger partial charge in [0.15, 0.2) is 0 Å². The number of ether oxygens (including phenoxy) is 1. The number of likely N-dealkylation sites (tertiary alicyclic amines) is 1. The summed E-state index contributed by atoms with van der Waals surface area (Å²) in [6.07, 6.45) is 2.39. The van der Waals surface area contributed by atoms with Crippen molar-refractivity contribution in [3.63, 3.8) is 0 Å². The second-order valence-electron chi connectivity index (χ2n) is 9.57. The number of piperidine rings is 1. The Hall–Kier alpha value is -4.14. The number of carbonyl (C=O) groups is 1. The number of carbonyl (C=O) groups excluding carboxylic acids is 1. The van der Waals surface area contributed by atoms with E-state index in [1.165, 1.54) is 0 Å². The number of β-amino-alcohol motifs (C(OH)–C–C–N with tert-alkyl or cyclic N) is 1. The van der Waals surface area contributed by atoms with Crippen LogP contribution in [0.5, 0.6) is 17.2 Å². The van der Waals surface area contributed by atoms with Crippen molar-refractivity contribution in [2.45, 2.75) is 18.9 Å². The minimum Gasteiger partial charge on any atom is -0.508 e. The number of nitrogens with zero attached hydrogens (tertiary/aromatic N) is 3. The molecule has 5 rings (SSSR count). The number of fused-ring (bicyclic) bond motifs is 1. The number of benzene rings is 3. The molecule has 2 heterocycles. The fourth-order valence-electron chi connectivity index (χ4n) is 4.89. The smallest absolute Gasteiger partial charge is 0.234 e. The average Bonchev–Trinajstić information content (AvgIpc) is 2.94. The van der Waals surface area contributed by atoms with Crippen molar-refractivity contribution >= 4 is 28.2 Å². The number of amides is 1. The van der Waals surface area contributed by atoms with Gasteiger partial charge in [0.25, 0.3) is 0 Å². The summed E-state index contributed by atoms with van der Waals surface area (Å²) in [4.78, 5) is 21.8. The second-order valence-corrected chi connectivity index (χ2v) is 9.57. The van der Waals surface area contributed by atoms with Gasteiger partial charge in [-0.1, -0.05) is 6.07 Å². The van der Waals surface area contributed by atoms with E-state index in [2.05, 4.69) is 9.88 Å². The molecule has 38 heavy (non-hydrogen) atoms. The predicted octanol–water partition coefficient (Wildman–Crippen LogP) is 4.46. The Morgan fingerprint density at radius 3 is 2.18 bits per heavy atom. The molecule has 0 bridgehead atoms. The largest absolute Gasteiger partial charge is 0.508 e. The minimum absolute atomic E-state index is 0.0329. The van der Waals surface area contributed by atoms with Crippen molar-refractivity contribution in [3.8, 4) is 17.2 Å². The van der Waals surface area contributed by atoms with Crippen molar-refractivity contribution in [1.82, 2.24) is 9.88 Å². The average molecular weight is 514 g/mol. The molecule has 1 amide bonds. The highest BCUT2D eigenvalue weighted by Gasteiger charge is 2.31. The van der Waals surface area contributed by atoms with Crippen molar-refractivity contribution in [2.75, 3.05) is 31.1 Å². The predicted molar refractivity (Wildman–Crippen MR) is 146 cm³/mol. The third-order valence-corrected chi connectivity index (χ3v) is 6.88. The maximum atomic E-state index is 13.7. The minimum atomic E-state index is -0.667. The first kappa shape index (κ1) is 25.5. The van der Waals surface area contributed by atoms with Crippen molar-refractivity contribution in [3.05, 3.63) is 85.1 Å². The highest BCUT2D eigenvalue weighted by molar-refractivity contribution is 6.02. The van der Waals surface area contributed by atoms with Gasteiger partial charge in [0.1, 0.15) is 30.0 Å². The van der Waals surface area contributed by atoms with Gasteiger partial charge in [-0.3, -0.25) is 14.7 Å². The van der Waals surface area contributed by atoms with E-state index in [4.69, 9.17) is 4.74 Å². The van der Waals surface area contributed by atoms with Crippen molar-refractivity contribution in [2.24, 2.45) is 5.92 Å².